The van der Waals surface area contributed by atoms with Crippen LogP contribution < -0.4 is 5.73 Å². The fourth-order valence-electron chi connectivity index (χ4n) is 1.46. The molecule has 1 heterocycles. The monoisotopic (exact) mass is 311 g/mol. The van der Waals surface area contributed by atoms with Crippen LogP contribution in [0.5, 0.6) is 0 Å². The third-order valence-electron chi connectivity index (χ3n) is 2.34. The standard InChI is InChI=1S/C12H14BrN3S/c1-16-6-5-12(15-16)11(14)8-17-10-4-2-3-9(13)7-10/h2-7,11H,8,14H2,1H3. The summed E-state index contributed by atoms with van der Waals surface area (Å²) in [5.41, 5.74) is 7.03. The first-order valence-corrected chi connectivity index (χ1v) is 7.06. The van der Waals surface area contributed by atoms with Gasteiger partial charge in [0, 0.05) is 28.4 Å². The maximum atomic E-state index is 6.09. The van der Waals surface area contributed by atoms with Crippen LogP contribution in [-0.2, 0) is 7.05 Å². The van der Waals surface area contributed by atoms with Crippen molar-refractivity contribution >= 4 is 27.7 Å². The molecule has 1 aromatic heterocycles. The van der Waals surface area contributed by atoms with Crippen molar-refractivity contribution in [2.45, 2.75) is 10.9 Å². The van der Waals surface area contributed by atoms with E-state index in [1.165, 1.54) is 4.90 Å². The summed E-state index contributed by atoms with van der Waals surface area (Å²) in [5, 5.41) is 4.31. The molecule has 0 amide bonds. The van der Waals surface area contributed by atoms with Gasteiger partial charge >= 0.3 is 0 Å². The van der Waals surface area contributed by atoms with Crippen molar-refractivity contribution in [3.8, 4) is 0 Å². The van der Waals surface area contributed by atoms with Crippen molar-refractivity contribution in [2.24, 2.45) is 12.8 Å². The van der Waals surface area contributed by atoms with E-state index in [9.17, 15) is 0 Å². The number of aryl methyl sites for hydroxylation is 1. The molecule has 0 fully saturated rings. The first-order chi connectivity index (χ1) is 8.15. The number of thioether (sulfide) groups is 1. The van der Waals surface area contributed by atoms with E-state index in [1.807, 2.05) is 31.4 Å². The average molecular weight is 312 g/mol. The molecule has 0 aliphatic rings. The quantitative estimate of drug-likeness (QED) is 0.883. The van der Waals surface area contributed by atoms with Crippen LogP contribution in [0.15, 0.2) is 45.9 Å². The molecule has 0 aliphatic heterocycles. The Morgan fingerprint density at radius 2 is 2.29 bits per heavy atom. The predicted molar refractivity (Wildman–Crippen MR) is 75.0 cm³/mol. The van der Waals surface area contributed by atoms with E-state index >= 15 is 0 Å². The minimum atomic E-state index is -0.0276. The first kappa shape index (κ1) is 12.7. The van der Waals surface area contributed by atoms with E-state index in [4.69, 9.17) is 5.73 Å². The number of nitrogens with zero attached hydrogens (tertiary/aromatic N) is 2. The third-order valence-corrected chi connectivity index (χ3v) is 3.95. The minimum absolute atomic E-state index is 0.0276. The van der Waals surface area contributed by atoms with E-state index in [1.54, 1.807) is 16.4 Å². The van der Waals surface area contributed by atoms with E-state index < -0.39 is 0 Å². The van der Waals surface area contributed by atoms with E-state index in [0.717, 1.165) is 15.9 Å². The first-order valence-electron chi connectivity index (χ1n) is 5.28. The van der Waals surface area contributed by atoms with Crippen LogP contribution >= 0.6 is 27.7 Å². The fourth-order valence-corrected chi connectivity index (χ4v) is 2.94. The molecular formula is C12H14BrN3S. The molecule has 0 saturated heterocycles. The van der Waals surface area contributed by atoms with Crippen molar-refractivity contribution in [2.75, 3.05) is 5.75 Å². The van der Waals surface area contributed by atoms with Gasteiger partial charge in [0.2, 0.25) is 0 Å². The van der Waals surface area contributed by atoms with Gasteiger partial charge in [-0.05, 0) is 24.3 Å². The molecule has 2 aromatic rings. The molecule has 0 saturated carbocycles. The number of rotatable bonds is 4. The summed E-state index contributed by atoms with van der Waals surface area (Å²) >= 11 is 5.20. The number of aromatic nitrogens is 2. The molecule has 17 heavy (non-hydrogen) atoms. The number of hydrogen-bond acceptors (Lipinski definition) is 3. The van der Waals surface area contributed by atoms with Crippen molar-refractivity contribution in [3.63, 3.8) is 0 Å². The van der Waals surface area contributed by atoms with Crippen molar-refractivity contribution in [1.82, 2.24) is 9.78 Å². The number of hydrogen-bond donors (Lipinski definition) is 1. The van der Waals surface area contributed by atoms with E-state index in [-0.39, 0.29) is 6.04 Å². The highest BCUT2D eigenvalue weighted by atomic mass is 79.9. The summed E-state index contributed by atoms with van der Waals surface area (Å²) in [6.07, 6.45) is 1.92. The summed E-state index contributed by atoms with van der Waals surface area (Å²) < 4.78 is 2.87. The van der Waals surface area contributed by atoms with Crippen molar-refractivity contribution < 1.29 is 0 Å². The van der Waals surface area contributed by atoms with Crippen molar-refractivity contribution in [1.29, 1.82) is 0 Å². The largest absolute Gasteiger partial charge is 0.322 e. The van der Waals surface area contributed by atoms with Crippen LogP contribution in [0.1, 0.15) is 11.7 Å². The molecule has 0 bridgehead atoms. The Labute approximate surface area is 114 Å². The van der Waals surface area contributed by atoms with Gasteiger partial charge in [0.25, 0.3) is 0 Å². The highest BCUT2D eigenvalue weighted by Crippen LogP contribution is 2.25. The van der Waals surface area contributed by atoms with Crippen molar-refractivity contribution in [3.05, 3.63) is 46.7 Å². The average Bonchev–Trinajstić information content (AvgIpc) is 2.73. The smallest absolute Gasteiger partial charge is 0.0800 e. The lowest BCUT2D eigenvalue weighted by Gasteiger charge is -2.08. The second-order valence-corrected chi connectivity index (χ2v) is 5.80. The molecule has 1 unspecified atom stereocenters. The minimum Gasteiger partial charge on any atom is -0.322 e. The van der Waals surface area contributed by atoms with Crippen LogP contribution in [0.2, 0.25) is 0 Å². The Hall–Kier alpha value is -0.780. The summed E-state index contributed by atoms with van der Waals surface area (Å²) in [4.78, 5) is 1.21. The van der Waals surface area contributed by atoms with Crippen LogP contribution in [0.3, 0.4) is 0 Å². The Balaban J connectivity index is 1.94. The highest BCUT2D eigenvalue weighted by Gasteiger charge is 2.09. The van der Waals surface area contributed by atoms with Crippen LogP contribution in [0.4, 0.5) is 0 Å². The summed E-state index contributed by atoms with van der Waals surface area (Å²) in [7, 11) is 1.90. The molecule has 0 radical (unpaired) electrons. The van der Waals surface area contributed by atoms with Gasteiger partial charge in [-0.25, -0.2) is 0 Å². The summed E-state index contributed by atoms with van der Waals surface area (Å²) in [6.45, 7) is 0. The molecule has 2 rings (SSSR count). The normalized spacial score (nSPS) is 12.6. The van der Waals surface area contributed by atoms with Gasteiger partial charge in [0.1, 0.15) is 0 Å². The molecule has 1 atom stereocenters. The van der Waals surface area contributed by atoms with Crippen LogP contribution in [-0.4, -0.2) is 15.5 Å². The second-order valence-electron chi connectivity index (χ2n) is 3.79. The Morgan fingerprint density at radius 3 is 2.94 bits per heavy atom. The molecule has 1 aromatic carbocycles. The highest BCUT2D eigenvalue weighted by molar-refractivity contribution is 9.10. The molecule has 0 aliphatic carbocycles. The van der Waals surface area contributed by atoms with Gasteiger partial charge in [-0.2, -0.15) is 5.10 Å². The Morgan fingerprint density at radius 1 is 1.47 bits per heavy atom. The van der Waals surface area contributed by atoms with Crippen LogP contribution in [0, 0.1) is 0 Å². The maximum Gasteiger partial charge on any atom is 0.0800 e. The van der Waals surface area contributed by atoms with Crippen LogP contribution in [0.25, 0.3) is 0 Å². The molecule has 2 N–H and O–H groups in total. The fraction of sp³-hybridized carbons (Fsp3) is 0.250. The zero-order valence-corrected chi connectivity index (χ0v) is 11.9. The topological polar surface area (TPSA) is 43.8 Å². The zero-order chi connectivity index (χ0) is 12.3. The van der Waals surface area contributed by atoms with Gasteiger partial charge in [0.15, 0.2) is 0 Å². The SMILES string of the molecule is Cn1ccc(C(N)CSc2cccc(Br)c2)n1. The van der Waals surface area contributed by atoms with E-state index in [0.29, 0.717) is 0 Å². The second kappa shape index (κ2) is 5.71. The van der Waals surface area contributed by atoms with Gasteiger partial charge in [-0.3, -0.25) is 4.68 Å². The lowest BCUT2D eigenvalue weighted by Crippen LogP contribution is -2.14. The molecule has 5 heteroatoms. The number of benzene rings is 1. The maximum absolute atomic E-state index is 6.09. The molecule has 3 nitrogen and oxygen atoms in total. The zero-order valence-electron chi connectivity index (χ0n) is 9.51. The summed E-state index contributed by atoms with van der Waals surface area (Å²) in [6, 6.07) is 10.2. The van der Waals surface area contributed by atoms with Gasteiger partial charge in [-0.15, -0.1) is 11.8 Å². The molecule has 0 spiro atoms. The third kappa shape index (κ3) is 3.59. The lowest BCUT2D eigenvalue weighted by atomic mass is 10.3. The van der Waals surface area contributed by atoms with Gasteiger partial charge < -0.3 is 5.73 Å². The number of halogens is 1. The van der Waals surface area contributed by atoms with Gasteiger partial charge in [0.05, 0.1) is 11.7 Å². The predicted octanol–water partition coefficient (Wildman–Crippen LogP) is 2.97. The molecule has 90 valence electrons. The summed E-state index contributed by atoms with van der Waals surface area (Å²) in [5.74, 6) is 0.827. The Bertz CT molecular complexity index is 498. The van der Waals surface area contributed by atoms with E-state index in [2.05, 4.69) is 33.2 Å². The lowest BCUT2D eigenvalue weighted by molar-refractivity contribution is 0.704. The Kier molecular flexibility index (Phi) is 4.25. The molecular weight excluding hydrogens is 298 g/mol. The number of nitrogens with two attached hydrogens (primary N) is 1. The van der Waals surface area contributed by atoms with Gasteiger partial charge in [-0.1, -0.05) is 22.0 Å².